The van der Waals surface area contributed by atoms with Gasteiger partial charge >= 0.3 is 0 Å². The number of rotatable bonds is 9. The van der Waals surface area contributed by atoms with Crippen molar-refractivity contribution in [1.29, 1.82) is 0 Å². The van der Waals surface area contributed by atoms with E-state index in [4.69, 9.17) is 4.74 Å². The Hall–Kier alpha value is -4.46. The lowest BCUT2D eigenvalue weighted by Crippen LogP contribution is -2.12. The highest BCUT2D eigenvalue weighted by atomic mass is 16.5. The zero-order valence-corrected chi connectivity index (χ0v) is 20.0. The molecule has 2 aromatic carbocycles. The summed E-state index contributed by atoms with van der Waals surface area (Å²) in [5.41, 5.74) is 3.79. The Morgan fingerprint density at radius 1 is 0.829 bits per heavy atom. The van der Waals surface area contributed by atoms with Crippen molar-refractivity contribution >= 4 is 34.7 Å². The van der Waals surface area contributed by atoms with Crippen molar-refractivity contribution in [1.82, 2.24) is 15.0 Å². The van der Waals surface area contributed by atoms with Gasteiger partial charge in [0.05, 0.1) is 7.11 Å². The van der Waals surface area contributed by atoms with E-state index in [0.29, 0.717) is 30.3 Å². The summed E-state index contributed by atoms with van der Waals surface area (Å²) in [5, 5.41) is 9.44. The summed E-state index contributed by atoms with van der Waals surface area (Å²) in [7, 11) is 1.64. The molecular weight excluding hydrogens is 440 g/mol. The lowest BCUT2D eigenvalue weighted by molar-refractivity contribution is -0.116. The molecule has 0 atom stereocenters. The topological polar surface area (TPSA) is 101 Å². The Bertz CT molecular complexity index is 1290. The van der Waals surface area contributed by atoms with E-state index in [9.17, 15) is 4.79 Å². The maximum absolute atomic E-state index is 12.4. The van der Waals surface area contributed by atoms with Crippen molar-refractivity contribution in [2.45, 2.75) is 26.7 Å². The average Bonchev–Trinajstić information content (AvgIpc) is 2.84. The van der Waals surface area contributed by atoms with Crippen LogP contribution in [0.25, 0.3) is 0 Å². The molecular formula is C27H28N6O2. The van der Waals surface area contributed by atoms with Crippen molar-refractivity contribution in [2.75, 3.05) is 23.1 Å². The number of ether oxygens (including phenoxy) is 1. The first-order valence-corrected chi connectivity index (χ1v) is 11.3. The lowest BCUT2D eigenvalue weighted by atomic mass is 10.1. The monoisotopic (exact) mass is 468 g/mol. The molecule has 0 bridgehead atoms. The van der Waals surface area contributed by atoms with Gasteiger partial charge in [0.1, 0.15) is 29.0 Å². The molecule has 8 nitrogen and oxygen atoms in total. The summed E-state index contributed by atoms with van der Waals surface area (Å²) in [6.45, 7) is 3.85. The Labute approximate surface area is 204 Å². The molecule has 0 aliphatic rings. The van der Waals surface area contributed by atoms with Gasteiger partial charge in [-0.3, -0.25) is 4.79 Å². The van der Waals surface area contributed by atoms with Crippen LogP contribution in [0.1, 0.15) is 23.4 Å². The molecule has 2 heterocycles. The quantitative estimate of drug-likeness (QED) is 0.296. The lowest BCUT2D eigenvalue weighted by Gasteiger charge is -2.11. The van der Waals surface area contributed by atoms with Gasteiger partial charge in [0.25, 0.3) is 0 Å². The number of aromatic nitrogens is 3. The first-order valence-electron chi connectivity index (χ1n) is 11.3. The number of carbonyl (C=O) groups excluding carboxylic acids is 1. The van der Waals surface area contributed by atoms with Gasteiger partial charge in [0.2, 0.25) is 5.91 Å². The van der Waals surface area contributed by atoms with E-state index in [-0.39, 0.29) is 5.91 Å². The van der Waals surface area contributed by atoms with Crippen molar-refractivity contribution in [3.63, 3.8) is 0 Å². The Kier molecular flexibility index (Phi) is 7.52. The molecule has 178 valence electrons. The normalized spacial score (nSPS) is 10.5. The van der Waals surface area contributed by atoms with Crippen LogP contribution in [0.4, 0.5) is 28.8 Å². The Morgan fingerprint density at radius 3 is 2.20 bits per heavy atom. The van der Waals surface area contributed by atoms with Gasteiger partial charge in [-0.15, -0.1) is 0 Å². The van der Waals surface area contributed by atoms with Crippen LogP contribution >= 0.6 is 0 Å². The second-order valence-corrected chi connectivity index (χ2v) is 8.13. The summed E-state index contributed by atoms with van der Waals surface area (Å²) in [6, 6.07) is 21.0. The molecule has 0 aliphatic heterocycles. The minimum atomic E-state index is -0.0339. The molecule has 1 amide bonds. The van der Waals surface area contributed by atoms with Crippen molar-refractivity contribution in [3.05, 3.63) is 89.9 Å². The molecule has 0 fully saturated rings. The second kappa shape index (κ2) is 11.1. The second-order valence-electron chi connectivity index (χ2n) is 8.13. The first-order chi connectivity index (χ1) is 17.0. The molecule has 4 aromatic rings. The Balaban J connectivity index is 1.33. The van der Waals surface area contributed by atoms with Gasteiger partial charge in [-0.25, -0.2) is 15.0 Å². The number of carbonyl (C=O) groups is 1. The average molecular weight is 469 g/mol. The number of amides is 1. The van der Waals surface area contributed by atoms with Crippen LogP contribution in [0.2, 0.25) is 0 Å². The number of anilines is 5. The number of nitrogens with one attached hydrogen (secondary N) is 3. The highest BCUT2D eigenvalue weighted by Gasteiger charge is 2.06. The molecule has 0 saturated carbocycles. The van der Waals surface area contributed by atoms with Crippen molar-refractivity contribution in [2.24, 2.45) is 0 Å². The van der Waals surface area contributed by atoms with Crippen LogP contribution in [0.15, 0.2) is 72.9 Å². The van der Waals surface area contributed by atoms with Gasteiger partial charge in [0.15, 0.2) is 0 Å². The summed E-state index contributed by atoms with van der Waals surface area (Å²) >= 11 is 0. The summed E-state index contributed by atoms with van der Waals surface area (Å²) < 4.78 is 5.16. The highest BCUT2D eigenvalue weighted by molar-refractivity contribution is 5.91. The molecule has 2 aromatic heterocycles. The number of hydrogen-bond acceptors (Lipinski definition) is 7. The number of methoxy groups -OCH3 is 1. The molecule has 0 saturated heterocycles. The van der Waals surface area contributed by atoms with E-state index in [1.54, 1.807) is 13.3 Å². The molecule has 0 unspecified atom stereocenters. The van der Waals surface area contributed by atoms with Gasteiger partial charge in [-0.05, 0) is 79.9 Å². The van der Waals surface area contributed by atoms with E-state index in [1.807, 2.05) is 80.6 Å². The van der Waals surface area contributed by atoms with Crippen molar-refractivity contribution in [3.8, 4) is 5.75 Å². The third-order valence-electron chi connectivity index (χ3n) is 5.25. The summed E-state index contributed by atoms with van der Waals surface area (Å²) in [4.78, 5) is 25.6. The van der Waals surface area contributed by atoms with Gasteiger partial charge in [-0.2, -0.15) is 0 Å². The maximum Gasteiger partial charge on any atom is 0.224 e. The van der Waals surface area contributed by atoms with E-state index in [1.165, 1.54) is 0 Å². The van der Waals surface area contributed by atoms with E-state index >= 15 is 0 Å². The number of hydrogen-bond donors (Lipinski definition) is 3. The van der Waals surface area contributed by atoms with Crippen LogP contribution in [0.5, 0.6) is 5.75 Å². The SMILES string of the molecule is COc1ccc(CCC(=O)Nc2ccc(Nc3cc(Nc4cc(C)ccn4)nc(C)n3)cc2)cc1. The Morgan fingerprint density at radius 2 is 1.51 bits per heavy atom. The highest BCUT2D eigenvalue weighted by Crippen LogP contribution is 2.21. The van der Waals surface area contributed by atoms with E-state index in [0.717, 1.165) is 34.1 Å². The molecule has 8 heteroatoms. The number of aryl methyl sites for hydroxylation is 3. The number of nitrogens with zero attached hydrogens (tertiary/aromatic N) is 3. The fraction of sp³-hybridized carbons (Fsp3) is 0.185. The first kappa shape index (κ1) is 23.7. The maximum atomic E-state index is 12.4. The predicted octanol–water partition coefficient (Wildman–Crippen LogP) is 5.56. The minimum absolute atomic E-state index is 0.0339. The fourth-order valence-electron chi connectivity index (χ4n) is 3.49. The molecule has 0 spiro atoms. The van der Waals surface area contributed by atoms with Crippen LogP contribution in [-0.4, -0.2) is 28.0 Å². The molecule has 3 N–H and O–H groups in total. The molecule has 4 rings (SSSR count). The van der Waals surface area contributed by atoms with Crippen LogP contribution in [0, 0.1) is 13.8 Å². The molecule has 0 radical (unpaired) electrons. The van der Waals surface area contributed by atoms with Gasteiger partial charge in [-0.1, -0.05) is 12.1 Å². The van der Waals surface area contributed by atoms with Crippen molar-refractivity contribution < 1.29 is 9.53 Å². The molecule has 35 heavy (non-hydrogen) atoms. The number of pyridine rings is 1. The fourth-order valence-corrected chi connectivity index (χ4v) is 3.49. The largest absolute Gasteiger partial charge is 0.497 e. The standard InChI is InChI=1S/C27H28N6O2/c1-18-14-15-28-24(16-18)33-26-17-25(29-19(2)30-26)31-21-7-9-22(10-8-21)32-27(34)13-6-20-4-11-23(35-3)12-5-20/h4-5,7-12,14-17H,6,13H2,1-3H3,(H,32,34)(H2,28,29,30,31,33). The van der Waals surface area contributed by atoms with Gasteiger partial charge < -0.3 is 20.7 Å². The third kappa shape index (κ3) is 7.01. The van der Waals surface area contributed by atoms with Crippen LogP contribution in [-0.2, 0) is 11.2 Å². The summed E-state index contributed by atoms with van der Waals surface area (Å²) in [6.07, 6.45) is 2.82. The zero-order chi connectivity index (χ0) is 24.6. The minimum Gasteiger partial charge on any atom is -0.497 e. The van der Waals surface area contributed by atoms with Gasteiger partial charge in [0, 0.05) is 30.1 Å². The predicted molar refractivity (Wildman–Crippen MR) is 139 cm³/mol. The van der Waals surface area contributed by atoms with E-state index < -0.39 is 0 Å². The van der Waals surface area contributed by atoms with E-state index in [2.05, 4.69) is 30.9 Å². The zero-order valence-electron chi connectivity index (χ0n) is 20.0. The van der Waals surface area contributed by atoms with Crippen LogP contribution < -0.4 is 20.7 Å². The molecule has 0 aliphatic carbocycles. The third-order valence-corrected chi connectivity index (χ3v) is 5.25. The smallest absolute Gasteiger partial charge is 0.224 e. The summed E-state index contributed by atoms with van der Waals surface area (Å²) in [5.74, 6) is 3.43. The number of benzene rings is 2. The van der Waals surface area contributed by atoms with Crippen LogP contribution in [0.3, 0.4) is 0 Å².